The molecule has 1 N–H and O–H groups in total. The minimum Gasteiger partial charge on any atom is -0.385 e. The molecule has 2 saturated heterocycles. The third kappa shape index (κ3) is 6.23. The highest BCUT2D eigenvalue weighted by molar-refractivity contribution is 5.76. The molecule has 0 aromatic rings. The minimum atomic E-state index is 0.324. The molecular weight excluding hydrogens is 280 g/mol. The normalized spacial score (nSPS) is 21.2. The second kappa shape index (κ2) is 10.2. The number of nitrogens with one attached hydrogen (secondary N) is 1. The summed E-state index contributed by atoms with van der Waals surface area (Å²) >= 11 is 0. The first-order valence-electron chi connectivity index (χ1n) is 8.88. The predicted molar refractivity (Wildman–Crippen MR) is 86.9 cm³/mol. The third-order valence-corrected chi connectivity index (χ3v) is 4.87. The molecule has 2 heterocycles. The van der Waals surface area contributed by atoms with Gasteiger partial charge in [0.2, 0.25) is 5.91 Å². The molecule has 1 amide bonds. The van der Waals surface area contributed by atoms with Crippen molar-refractivity contribution in [1.29, 1.82) is 0 Å². The molecule has 22 heavy (non-hydrogen) atoms. The van der Waals surface area contributed by atoms with Gasteiger partial charge in [-0.2, -0.15) is 0 Å². The Morgan fingerprint density at radius 2 is 1.86 bits per heavy atom. The Labute approximate surface area is 134 Å². The van der Waals surface area contributed by atoms with Gasteiger partial charge in [-0.25, -0.2) is 0 Å². The average molecular weight is 312 g/mol. The predicted octanol–water partition coefficient (Wildman–Crippen LogP) is 1.81. The molecule has 128 valence electrons. The second-order valence-corrected chi connectivity index (χ2v) is 6.53. The number of piperidine rings is 2. The first-order valence-corrected chi connectivity index (χ1v) is 8.88. The van der Waals surface area contributed by atoms with Crippen molar-refractivity contribution < 1.29 is 14.3 Å². The summed E-state index contributed by atoms with van der Waals surface area (Å²) in [6.07, 6.45) is 7.47. The van der Waals surface area contributed by atoms with Crippen LogP contribution in [0.3, 0.4) is 0 Å². The fourth-order valence-corrected chi connectivity index (χ4v) is 3.38. The molecule has 0 spiro atoms. The summed E-state index contributed by atoms with van der Waals surface area (Å²) < 4.78 is 10.9. The SMILES string of the molecule is COCCCOC1CCN(C(=O)CCC2CCNCC2)CC1. The summed E-state index contributed by atoms with van der Waals surface area (Å²) in [5, 5.41) is 3.38. The summed E-state index contributed by atoms with van der Waals surface area (Å²) in [5.74, 6) is 1.09. The monoisotopic (exact) mass is 312 g/mol. The number of likely N-dealkylation sites (tertiary alicyclic amines) is 1. The molecule has 0 bridgehead atoms. The van der Waals surface area contributed by atoms with Crippen molar-refractivity contribution in [3.05, 3.63) is 0 Å². The second-order valence-electron chi connectivity index (χ2n) is 6.53. The van der Waals surface area contributed by atoms with Crippen LogP contribution in [0, 0.1) is 5.92 Å². The average Bonchev–Trinajstić information content (AvgIpc) is 2.58. The van der Waals surface area contributed by atoms with Crippen molar-refractivity contribution in [1.82, 2.24) is 10.2 Å². The molecule has 5 heteroatoms. The number of hydrogen-bond acceptors (Lipinski definition) is 4. The van der Waals surface area contributed by atoms with Crippen molar-refractivity contribution in [2.24, 2.45) is 5.92 Å². The lowest BCUT2D eigenvalue weighted by atomic mass is 9.93. The van der Waals surface area contributed by atoms with Crippen molar-refractivity contribution in [2.75, 3.05) is 46.5 Å². The van der Waals surface area contributed by atoms with Gasteiger partial charge in [-0.15, -0.1) is 0 Å². The molecular formula is C17H32N2O3. The van der Waals surface area contributed by atoms with E-state index in [-0.39, 0.29) is 0 Å². The molecule has 0 radical (unpaired) electrons. The van der Waals surface area contributed by atoms with E-state index in [4.69, 9.17) is 9.47 Å². The highest BCUT2D eigenvalue weighted by Crippen LogP contribution is 2.20. The van der Waals surface area contributed by atoms with Gasteiger partial charge in [0.1, 0.15) is 0 Å². The Bertz CT molecular complexity index is 311. The van der Waals surface area contributed by atoms with E-state index >= 15 is 0 Å². The van der Waals surface area contributed by atoms with E-state index < -0.39 is 0 Å². The van der Waals surface area contributed by atoms with Crippen molar-refractivity contribution >= 4 is 5.91 Å². The van der Waals surface area contributed by atoms with Crippen LogP contribution in [0.2, 0.25) is 0 Å². The zero-order valence-corrected chi connectivity index (χ0v) is 14.0. The van der Waals surface area contributed by atoms with Gasteiger partial charge in [0, 0.05) is 39.8 Å². The molecule has 2 fully saturated rings. The lowest BCUT2D eigenvalue weighted by Gasteiger charge is -2.32. The lowest BCUT2D eigenvalue weighted by Crippen LogP contribution is -2.41. The molecule has 0 atom stereocenters. The van der Waals surface area contributed by atoms with E-state index in [0.717, 1.165) is 77.4 Å². The van der Waals surface area contributed by atoms with Gasteiger partial charge < -0.3 is 19.7 Å². The van der Waals surface area contributed by atoms with Crippen LogP contribution in [0.25, 0.3) is 0 Å². The molecule has 0 aliphatic carbocycles. The van der Waals surface area contributed by atoms with Crippen LogP contribution in [-0.4, -0.2) is 63.4 Å². The van der Waals surface area contributed by atoms with Crippen LogP contribution in [0.4, 0.5) is 0 Å². The van der Waals surface area contributed by atoms with E-state index in [2.05, 4.69) is 5.32 Å². The number of methoxy groups -OCH3 is 1. The number of carbonyl (C=O) groups excluding carboxylic acids is 1. The maximum Gasteiger partial charge on any atom is 0.222 e. The first-order chi connectivity index (χ1) is 10.8. The summed E-state index contributed by atoms with van der Waals surface area (Å²) in [7, 11) is 1.72. The maximum atomic E-state index is 12.3. The number of ether oxygens (including phenoxy) is 2. The van der Waals surface area contributed by atoms with Gasteiger partial charge >= 0.3 is 0 Å². The van der Waals surface area contributed by atoms with Crippen molar-refractivity contribution in [2.45, 2.75) is 51.0 Å². The van der Waals surface area contributed by atoms with Crippen LogP contribution >= 0.6 is 0 Å². The molecule has 0 unspecified atom stereocenters. The number of carbonyl (C=O) groups is 1. The van der Waals surface area contributed by atoms with Crippen LogP contribution in [0.5, 0.6) is 0 Å². The summed E-state index contributed by atoms with van der Waals surface area (Å²) in [6, 6.07) is 0. The quantitative estimate of drug-likeness (QED) is 0.695. The van der Waals surface area contributed by atoms with Gasteiger partial charge in [-0.1, -0.05) is 0 Å². The molecule has 2 aliphatic rings. The van der Waals surface area contributed by atoms with Crippen LogP contribution < -0.4 is 5.32 Å². The van der Waals surface area contributed by atoms with E-state index in [1.807, 2.05) is 4.90 Å². The van der Waals surface area contributed by atoms with Crippen LogP contribution in [0.1, 0.15) is 44.9 Å². The molecule has 0 saturated carbocycles. The highest BCUT2D eigenvalue weighted by Gasteiger charge is 2.23. The fraction of sp³-hybridized carbons (Fsp3) is 0.941. The van der Waals surface area contributed by atoms with E-state index in [1.165, 1.54) is 12.8 Å². The molecule has 0 aromatic carbocycles. The maximum absolute atomic E-state index is 12.3. The third-order valence-electron chi connectivity index (χ3n) is 4.87. The highest BCUT2D eigenvalue weighted by atomic mass is 16.5. The van der Waals surface area contributed by atoms with E-state index in [0.29, 0.717) is 12.0 Å². The van der Waals surface area contributed by atoms with Crippen LogP contribution in [-0.2, 0) is 14.3 Å². The lowest BCUT2D eigenvalue weighted by molar-refractivity contribution is -0.134. The zero-order valence-electron chi connectivity index (χ0n) is 14.0. The molecule has 2 aliphatic heterocycles. The Morgan fingerprint density at radius 1 is 1.14 bits per heavy atom. The Kier molecular flexibility index (Phi) is 8.20. The van der Waals surface area contributed by atoms with Gasteiger partial charge in [0.15, 0.2) is 0 Å². The van der Waals surface area contributed by atoms with Gasteiger partial charge in [0.25, 0.3) is 0 Å². The van der Waals surface area contributed by atoms with Gasteiger partial charge in [-0.05, 0) is 57.5 Å². The zero-order chi connectivity index (χ0) is 15.6. The van der Waals surface area contributed by atoms with Crippen molar-refractivity contribution in [3.8, 4) is 0 Å². The number of nitrogens with zero attached hydrogens (tertiary/aromatic N) is 1. The van der Waals surface area contributed by atoms with Crippen molar-refractivity contribution in [3.63, 3.8) is 0 Å². The summed E-state index contributed by atoms with van der Waals surface area (Å²) in [5.41, 5.74) is 0. The topological polar surface area (TPSA) is 50.8 Å². The number of hydrogen-bond donors (Lipinski definition) is 1. The van der Waals surface area contributed by atoms with Gasteiger partial charge in [-0.3, -0.25) is 4.79 Å². The molecule has 5 nitrogen and oxygen atoms in total. The number of rotatable bonds is 8. The summed E-state index contributed by atoms with van der Waals surface area (Å²) in [6.45, 7) is 5.48. The molecule has 0 aromatic heterocycles. The van der Waals surface area contributed by atoms with Crippen LogP contribution in [0.15, 0.2) is 0 Å². The standard InChI is InChI=1S/C17H32N2O3/c1-21-13-2-14-22-16-7-11-19(12-8-16)17(20)4-3-15-5-9-18-10-6-15/h15-16,18H,2-14H2,1H3. The Balaban J connectivity index is 1.56. The van der Waals surface area contributed by atoms with E-state index in [9.17, 15) is 4.79 Å². The fourth-order valence-electron chi connectivity index (χ4n) is 3.38. The minimum absolute atomic E-state index is 0.324. The Hall–Kier alpha value is -0.650. The molecule has 2 rings (SSSR count). The Morgan fingerprint density at radius 3 is 2.55 bits per heavy atom. The summed E-state index contributed by atoms with van der Waals surface area (Å²) in [4.78, 5) is 14.3. The number of amides is 1. The van der Waals surface area contributed by atoms with E-state index in [1.54, 1.807) is 7.11 Å². The van der Waals surface area contributed by atoms with Gasteiger partial charge in [0.05, 0.1) is 6.10 Å². The largest absolute Gasteiger partial charge is 0.385 e. The first kappa shape index (κ1) is 17.7. The smallest absolute Gasteiger partial charge is 0.222 e.